The van der Waals surface area contributed by atoms with Crippen LogP contribution in [0.2, 0.25) is 0 Å². The zero-order valence-corrected chi connectivity index (χ0v) is 18.8. The van der Waals surface area contributed by atoms with Crippen LogP contribution in [0.5, 0.6) is 0 Å². The van der Waals surface area contributed by atoms with Crippen molar-refractivity contribution in [3.05, 3.63) is 65.5 Å². The maximum absolute atomic E-state index is 13.2. The van der Waals surface area contributed by atoms with Gasteiger partial charge >= 0.3 is 11.9 Å². The Bertz CT molecular complexity index is 955. The summed E-state index contributed by atoms with van der Waals surface area (Å²) in [5.41, 5.74) is 0.891. The highest BCUT2D eigenvalue weighted by Crippen LogP contribution is 2.30. The average Bonchev–Trinajstić information content (AvgIpc) is 3.06. The van der Waals surface area contributed by atoms with Gasteiger partial charge in [0, 0.05) is 12.2 Å². The third-order valence-electron chi connectivity index (χ3n) is 6.06. The molecule has 1 aliphatic carbocycles. The Labute approximate surface area is 188 Å². The van der Waals surface area contributed by atoms with Crippen LogP contribution in [0.4, 0.5) is 5.69 Å². The van der Waals surface area contributed by atoms with Gasteiger partial charge in [0.25, 0.3) is 5.91 Å². The summed E-state index contributed by atoms with van der Waals surface area (Å²) in [5, 5.41) is 3.15. The van der Waals surface area contributed by atoms with Crippen LogP contribution in [0.3, 0.4) is 0 Å². The van der Waals surface area contributed by atoms with Gasteiger partial charge in [0.05, 0.1) is 31.0 Å². The van der Waals surface area contributed by atoms with Crippen molar-refractivity contribution in [1.29, 1.82) is 0 Å². The largest absolute Gasteiger partial charge is 0.465 e. The predicted octanol–water partition coefficient (Wildman–Crippen LogP) is 3.88. The highest BCUT2D eigenvalue weighted by atomic mass is 16.5. The number of carbonyl (C=O) groups excluding carboxylic acids is 3. The Morgan fingerprint density at radius 3 is 2.34 bits per heavy atom. The zero-order valence-electron chi connectivity index (χ0n) is 18.8. The molecule has 0 atom stereocenters. The summed E-state index contributed by atoms with van der Waals surface area (Å²) < 4.78 is 9.81. The molecule has 7 heteroatoms. The summed E-state index contributed by atoms with van der Waals surface area (Å²) in [4.78, 5) is 39.8. The summed E-state index contributed by atoms with van der Waals surface area (Å²) in [6.45, 7) is 2.21. The molecule has 32 heavy (non-hydrogen) atoms. The van der Waals surface area contributed by atoms with E-state index in [-0.39, 0.29) is 23.2 Å². The van der Waals surface area contributed by atoms with Gasteiger partial charge in [-0.1, -0.05) is 31.6 Å². The van der Waals surface area contributed by atoms with E-state index in [4.69, 9.17) is 9.47 Å². The molecule has 1 aromatic rings. The summed E-state index contributed by atoms with van der Waals surface area (Å²) in [6.07, 6.45) is 11.7. The van der Waals surface area contributed by atoms with Gasteiger partial charge in [-0.2, -0.15) is 0 Å². The number of ether oxygens (including phenoxy) is 2. The van der Waals surface area contributed by atoms with Gasteiger partial charge < -0.3 is 19.7 Å². The van der Waals surface area contributed by atoms with Crippen molar-refractivity contribution in [2.75, 3.05) is 19.1 Å². The molecule has 1 fully saturated rings. The lowest BCUT2D eigenvalue weighted by Gasteiger charge is -2.29. The van der Waals surface area contributed by atoms with E-state index in [2.05, 4.69) is 12.2 Å². The number of rotatable bonds is 6. The van der Waals surface area contributed by atoms with E-state index in [0.717, 1.165) is 31.6 Å². The van der Waals surface area contributed by atoms with Crippen molar-refractivity contribution in [1.82, 2.24) is 5.32 Å². The number of amides is 1. The number of allylic oxidation sites excluding steroid dienone is 2. The summed E-state index contributed by atoms with van der Waals surface area (Å²) in [7, 11) is 2.49. The Hall–Kier alpha value is -3.35. The van der Waals surface area contributed by atoms with Crippen LogP contribution in [0.25, 0.3) is 0 Å². The molecule has 1 aliphatic heterocycles. The highest BCUT2D eigenvalue weighted by molar-refractivity contribution is 6.07. The monoisotopic (exact) mass is 438 g/mol. The molecule has 7 nitrogen and oxygen atoms in total. The lowest BCUT2D eigenvalue weighted by Crippen LogP contribution is -2.38. The van der Waals surface area contributed by atoms with Crippen LogP contribution >= 0.6 is 0 Å². The van der Waals surface area contributed by atoms with Gasteiger partial charge in [0.2, 0.25) is 0 Å². The number of anilines is 1. The van der Waals surface area contributed by atoms with Crippen LogP contribution in [-0.2, 0) is 19.1 Å². The molecule has 0 bridgehead atoms. The molecular formula is C25H30N2O5. The van der Waals surface area contributed by atoms with Crippen molar-refractivity contribution >= 4 is 23.5 Å². The molecule has 0 aromatic heterocycles. The van der Waals surface area contributed by atoms with E-state index < -0.39 is 11.9 Å². The Morgan fingerprint density at radius 2 is 1.69 bits per heavy atom. The molecule has 1 saturated carbocycles. The molecule has 1 aromatic carbocycles. The van der Waals surface area contributed by atoms with Crippen molar-refractivity contribution in [3.63, 3.8) is 0 Å². The number of benzene rings is 1. The van der Waals surface area contributed by atoms with E-state index in [9.17, 15) is 14.4 Å². The molecule has 0 unspecified atom stereocenters. The Morgan fingerprint density at radius 1 is 1.00 bits per heavy atom. The van der Waals surface area contributed by atoms with E-state index in [0.29, 0.717) is 11.3 Å². The van der Waals surface area contributed by atoms with E-state index in [1.165, 1.54) is 31.6 Å². The van der Waals surface area contributed by atoms with Crippen molar-refractivity contribution < 1.29 is 23.9 Å². The average molecular weight is 439 g/mol. The van der Waals surface area contributed by atoms with Gasteiger partial charge in [-0.3, -0.25) is 4.79 Å². The van der Waals surface area contributed by atoms with Gasteiger partial charge in [0.1, 0.15) is 5.70 Å². The molecule has 0 saturated heterocycles. The number of carbonyl (C=O) groups is 3. The summed E-state index contributed by atoms with van der Waals surface area (Å²) >= 11 is 0. The normalized spacial score (nSPS) is 20.5. The first kappa shape index (κ1) is 23.3. The second kappa shape index (κ2) is 10.8. The number of hydrogen-bond acceptors (Lipinski definition) is 6. The first-order chi connectivity index (χ1) is 15.5. The second-order valence-electron chi connectivity index (χ2n) is 7.93. The summed E-state index contributed by atoms with van der Waals surface area (Å²) in [5.74, 6) is -0.871. The minimum Gasteiger partial charge on any atom is -0.465 e. The van der Waals surface area contributed by atoms with Crippen molar-refractivity contribution in [2.24, 2.45) is 5.92 Å². The number of hydrogen-bond donors (Lipinski definition) is 1. The number of esters is 2. The lowest BCUT2D eigenvalue weighted by atomic mass is 9.84. The van der Waals surface area contributed by atoms with E-state index in [1.54, 1.807) is 42.6 Å². The fraction of sp³-hybridized carbons (Fsp3) is 0.400. The molecule has 1 amide bonds. The SMILES string of the molecule is CCC1CCC(NC(=O)c2ccccc2N2C=CC=CC(C(=O)OC)=C2C(=O)OC)CC1. The highest BCUT2D eigenvalue weighted by Gasteiger charge is 2.30. The number of methoxy groups -OCH3 is 2. The molecule has 170 valence electrons. The Balaban J connectivity index is 1.96. The number of para-hydroxylation sites is 1. The summed E-state index contributed by atoms with van der Waals surface area (Å²) in [6, 6.07) is 7.12. The molecule has 2 aliphatic rings. The fourth-order valence-electron chi connectivity index (χ4n) is 4.21. The molecule has 3 rings (SSSR count). The van der Waals surface area contributed by atoms with Crippen LogP contribution < -0.4 is 10.2 Å². The Kier molecular flexibility index (Phi) is 7.87. The topological polar surface area (TPSA) is 84.9 Å². The van der Waals surface area contributed by atoms with Crippen molar-refractivity contribution in [3.8, 4) is 0 Å². The van der Waals surface area contributed by atoms with Gasteiger partial charge in [0.15, 0.2) is 0 Å². The predicted molar refractivity (Wildman–Crippen MR) is 122 cm³/mol. The fourth-order valence-corrected chi connectivity index (χ4v) is 4.21. The first-order valence-electron chi connectivity index (χ1n) is 10.9. The number of nitrogens with zero attached hydrogens (tertiary/aromatic N) is 1. The first-order valence-corrected chi connectivity index (χ1v) is 10.9. The third kappa shape index (κ3) is 5.10. The second-order valence-corrected chi connectivity index (χ2v) is 7.93. The van der Waals surface area contributed by atoms with E-state index in [1.807, 2.05) is 0 Å². The maximum Gasteiger partial charge on any atom is 0.355 e. The number of nitrogens with one attached hydrogen (secondary N) is 1. The quantitative estimate of drug-likeness (QED) is 0.679. The zero-order chi connectivity index (χ0) is 23.1. The van der Waals surface area contributed by atoms with Gasteiger partial charge in [-0.05, 0) is 55.9 Å². The van der Waals surface area contributed by atoms with Crippen LogP contribution in [-0.4, -0.2) is 38.1 Å². The molecular weight excluding hydrogens is 408 g/mol. The third-order valence-corrected chi connectivity index (χ3v) is 6.06. The van der Waals surface area contributed by atoms with Crippen LogP contribution in [0.15, 0.2) is 60.0 Å². The van der Waals surface area contributed by atoms with Crippen molar-refractivity contribution in [2.45, 2.75) is 45.1 Å². The van der Waals surface area contributed by atoms with Crippen LogP contribution in [0, 0.1) is 5.92 Å². The minimum absolute atomic E-state index is 0.0203. The van der Waals surface area contributed by atoms with Gasteiger partial charge in [-0.25, -0.2) is 9.59 Å². The maximum atomic E-state index is 13.2. The molecule has 0 spiro atoms. The minimum atomic E-state index is -0.713. The van der Waals surface area contributed by atoms with Gasteiger partial charge in [-0.15, -0.1) is 0 Å². The molecule has 1 heterocycles. The standard InChI is InChI=1S/C25H30N2O5/c1-4-17-12-14-18(15-13-17)26-23(28)19-9-5-6-11-21(19)27-16-8-7-10-20(24(29)31-2)22(27)25(30)32-3/h5-11,16-18H,4,12-15H2,1-3H3,(H,26,28). The smallest absolute Gasteiger partial charge is 0.355 e. The lowest BCUT2D eigenvalue weighted by molar-refractivity contribution is -0.139. The van der Waals surface area contributed by atoms with E-state index >= 15 is 0 Å². The van der Waals surface area contributed by atoms with Crippen LogP contribution in [0.1, 0.15) is 49.4 Å². The molecule has 0 radical (unpaired) electrons. The molecule has 1 N–H and O–H groups in total.